The molecule has 0 spiro atoms. The van der Waals surface area contributed by atoms with Gasteiger partial charge in [0, 0.05) is 13.5 Å². The zero-order chi connectivity index (χ0) is 14.6. The molecule has 1 saturated heterocycles. The van der Waals surface area contributed by atoms with Crippen molar-refractivity contribution in [1.29, 1.82) is 0 Å². The first kappa shape index (κ1) is 15.7. The summed E-state index contributed by atoms with van der Waals surface area (Å²) in [6.45, 7) is 0.944. The number of methoxy groups -OCH3 is 1. The predicted octanol–water partition coefficient (Wildman–Crippen LogP) is 2.84. The quantitative estimate of drug-likeness (QED) is 0.801. The van der Waals surface area contributed by atoms with Gasteiger partial charge in [0.1, 0.15) is 11.7 Å². The molecular weight excluding hydrogens is 303 g/mol. The fraction of sp³-hybridized carbons (Fsp3) is 0.500. The normalized spacial score (nSPS) is 27.1. The van der Waals surface area contributed by atoms with E-state index in [1.807, 2.05) is 6.07 Å². The van der Waals surface area contributed by atoms with Crippen LogP contribution in [-0.2, 0) is 24.6 Å². The van der Waals surface area contributed by atoms with Crippen molar-refractivity contribution in [3.8, 4) is 0 Å². The van der Waals surface area contributed by atoms with Crippen LogP contribution in [0.2, 0.25) is 10.0 Å². The molecule has 1 aliphatic heterocycles. The maximum atomic E-state index is 10.8. The third-order valence-corrected chi connectivity index (χ3v) is 4.08. The second-order valence-electron chi connectivity index (χ2n) is 4.66. The van der Waals surface area contributed by atoms with Gasteiger partial charge >= 0.3 is 0 Å². The molecule has 0 aliphatic carbocycles. The lowest BCUT2D eigenvalue weighted by atomic mass is 9.91. The fourth-order valence-electron chi connectivity index (χ4n) is 2.25. The largest absolute Gasteiger partial charge is 0.381 e. The van der Waals surface area contributed by atoms with Crippen molar-refractivity contribution < 1.29 is 19.0 Å². The van der Waals surface area contributed by atoms with E-state index in [9.17, 15) is 4.79 Å². The maximum absolute atomic E-state index is 10.8. The highest BCUT2D eigenvalue weighted by Crippen LogP contribution is 2.35. The van der Waals surface area contributed by atoms with Crippen LogP contribution < -0.4 is 0 Å². The Morgan fingerprint density at radius 1 is 1.45 bits per heavy atom. The van der Waals surface area contributed by atoms with Crippen LogP contribution in [0.1, 0.15) is 12.0 Å². The van der Waals surface area contributed by atoms with E-state index in [2.05, 4.69) is 0 Å². The summed E-state index contributed by atoms with van der Waals surface area (Å²) in [7, 11) is 1.60. The molecule has 0 N–H and O–H groups in total. The Morgan fingerprint density at radius 3 is 2.90 bits per heavy atom. The molecule has 2 atom stereocenters. The number of halogens is 2. The van der Waals surface area contributed by atoms with Crippen LogP contribution in [0.25, 0.3) is 0 Å². The van der Waals surface area contributed by atoms with Crippen molar-refractivity contribution in [3.05, 3.63) is 33.8 Å². The molecule has 1 aromatic rings. The predicted molar refractivity (Wildman–Crippen MR) is 76.4 cm³/mol. The van der Waals surface area contributed by atoms with E-state index in [1.165, 1.54) is 0 Å². The van der Waals surface area contributed by atoms with Gasteiger partial charge in [0.05, 0.1) is 29.9 Å². The molecule has 6 heteroatoms. The van der Waals surface area contributed by atoms with Gasteiger partial charge in [0.2, 0.25) is 0 Å². The Balaban J connectivity index is 2.32. The molecule has 20 heavy (non-hydrogen) atoms. The Kier molecular flexibility index (Phi) is 5.41. The third kappa shape index (κ3) is 3.32. The minimum Gasteiger partial charge on any atom is -0.381 e. The van der Waals surface area contributed by atoms with Gasteiger partial charge in [0.25, 0.3) is 0 Å². The zero-order valence-corrected chi connectivity index (χ0v) is 12.6. The van der Waals surface area contributed by atoms with Gasteiger partial charge in [-0.05, 0) is 17.7 Å². The first-order chi connectivity index (χ1) is 9.61. The standard InChI is InChI=1S/C14H16Cl2O4/c1-18-9-14(4-5-19-11(7-17)8-20-14)10-2-3-12(15)13(16)6-10/h2-3,6-7,11H,4-5,8-9H2,1H3. The average Bonchev–Trinajstić information content (AvgIpc) is 2.65. The molecule has 110 valence electrons. The maximum Gasteiger partial charge on any atom is 0.151 e. The molecule has 0 radical (unpaired) electrons. The number of rotatable bonds is 4. The molecule has 1 heterocycles. The Labute approximate surface area is 127 Å². The van der Waals surface area contributed by atoms with Crippen molar-refractivity contribution in [2.75, 3.05) is 26.9 Å². The summed E-state index contributed by atoms with van der Waals surface area (Å²) in [5.41, 5.74) is 0.185. The van der Waals surface area contributed by atoms with E-state index < -0.39 is 11.7 Å². The summed E-state index contributed by atoms with van der Waals surface area (Å²) in [6.07, 6.45) is 0.775. The molecule has 1 aliphatic rings. The average molecular weight is 319 g/mol. The lowest BCUT2D eigenvalue weighted by molar-refractivity contribution is -0.125. The molecule has 1 fully saturated rings. The Morgan fingerprint density at radius 2 is 2.25 bits per heavy atom. The summed E-state index contributed by atoms with van der Waals surface area (Å²) >= 11 is 12.0. The first-order valence-electron chi connectivity index (χ1n) is 6.26. The van der Waals surface area contributed by atoms with Crippen LogP contribution in [0.4, 0.5) is 0 Å². The molecule has 4 nitrogen and oxygen atoms in total. The highest BCUT2D eigenvalue weighted by Gasteiger charge is 2.37. The molecule has 2 unspecified atom stereocenters. The van der Waals surface area contributed by atoms with Gasteiger partial charge in [-0.2, -0.15) is 0 Å². The number of hydrogen-bond acceptors (Lipinski definition) is 4. The molecule has 0 bridgehead atoms. The van der Waals surface area contributed by atoms with E-state index >= 15 is 0 Å². The molecule has 0 amide bonds. The van der Waals surface area contributed by atoms with Crippen molar-refractivity contribution >= 4 is 29.5 Å². The van der Waals surface area contributed by atoms with Crippen LogP contribution in [0, 0.1) is 0 Å². The lowest BCUT2D eigenvalue weighted by Gasteiger charge is -2.32. The molecule has 0 saturated carbocycles. The summed E-state index contributed by atoms with van der Waals surface area (Å²) in [5, 5.41) is 0.943. The summed E-state index contributed by atoms with van der Waals surface area (Å²) in [4.78, 5) is 10.8. The van der Waals surface area contributed by atoms with E-state index in [0.717, 1.165) is 11.8 Å². The highest BCUT2D eigenvalue weighted by atomic mass is 35.5. The SMILES string of the molecule is COCC1(c2ccc(Cl)c(Cl)c2)CCOC(C=O)CO1. The number of ether oxygens (including phenoxy) is 3. The van der Waals surface area contributed by atoms with E-state index in [0.29, 0.717) is 29.7 Å². The fourth-order valence-corrected chi connectivity index (χ4v) is 2.55. The van der Waals surface area contributed by atoms with Crippen molar-refractivity contribution in [2.24, 2.45) is 0 Å². The van der Waals surface area contributed by atoms with Crippen LogP contribution in [-0.4, -0.2) is 39.3 Å². The van der Waals surface area contributed by atoms with Crippen LogP contribution in [0.15, 0.2) is 18.2 Å². The topological polar surface area (TPSA) is 44.8 Å². The van der Waals surface area contributed by atoms with Crippen LogP contribution in [0.3, 0.4) is 0 Å². The first-order valence-corrected chi connectivity index (χ1v) is 7.02. The Bertz CT molecular complexity index is 480. The zero-order valence-electron chi connectivity index (χ0n) is 11.1. The van der Waals surface area contributed by atoms with Crippen molar-refractivity contribution in [2.45, 2.75) is 18.1 Å². The number of aldehydes is 1. The van der Waals surface area contributed by atoms with Crippen molar-refractivity contribution in [1.82, 2.24) is 0 Å². The number of carbonyl (C=O) groups excluding carboxylic acids is 1. The smallest absolute Gasteiger partial charge is 0.151 e. The Hall–Kier alpha value is -0.650. The minimum absolute atomic E-state index is 0.188. The summed E-state index contributed by atoms with van der Waals surface area (Å²) < 4.78 is 16.6. The van der Waals surface area contributed by atoms with Crippen LogP contribution >= 0.6 is 23.2 Å². The van der Waals surface area contributed by atoms with Gasteiger partial charge in [0.15, 0.2) is 6.29 Å². The second-order valence-corrected chi connectivity index (χ2v) is 5.48. The molecule has 1 aromatic carbocycles. The summed E-state index contributed by atoms with van der Waals surface area (Å²) in [5.74, 6) is 0. The molecule has 2 rings (SSSR count). The van der Waals surface area contributed by atoms with E-state index in [1.54, 1.807) is 19.2 Å². The number of benzene rings is 1. The third-order valence-electron chi connectivity index (χ3n) is 3.34. The monoisotopic (exact) mass is 318 g/mol. The van der Waals surface area contributed by atoms with E-state index in [4.69, 9.17) is 37.4 Å². The van der Waals surface area contributed by atoms with Crippen molar-refractivity contribution in [3.63, 3.8) is 0 Å². The van der Waals surface area contributed by atoms with Crippen LogP contribution in [0.5, 0.6) is 0 Å². The molecule has 0 aromatic heterocycles. The molecular formula is C14H16Cl2O4. The number of carbonyl (C=O) groups is 1. The van der Waals surface area contributed by atoms with E-state index in [-0.39, 0.29) is 6.61 Å². The summed E-state index contributed by atoms with van der Waals surface area (Å²) in [6, 6.07) is 5.35. The lowest BCUT2D eigenvalue weighted by Crippen LogP contribution is -2.36. The number of hydrogen-bond donors (Lipinski definition) is 0. The minimum atomic E-state index is -0.680. The second kappa shape index (κ2) is 6.87. The highest BCUT2D eigenvalue weighted by molar-refractivity contribution is 6.42. The van der Waals surface area contributed by atoms with Gasteiger partial charge in [-0.25, -0.2) is 0 Å². The van der Waals surface area contributed by atoms with Gasteiger partial charge in [-0.3, -0.25) is 0 Å². The van der Waals surface area contributed by atoms with Gasteiger partial charge in [-0.15, -0.1) is 0 Å². The van der Waals surface area contributed by atoms with Gasteiger partial charge < -0.3 is 19.0 Å². The van der Waals surface area contributed by atoms with Gasteiger partial charge in [-0.1, -0.05) is 29.3 Å².